The van der Waals surface area contributed by atoms with E-state index in [-0.39, 0.29) is 11.5 Å². The molecule has 0 atom stereocenters. The second-order valence-electron chi connectivity index (χ2n) is 5.97. The minimum absolute atomic E-state index is 0.101. The summed E-state index contributed by atoms with van der Waals surface area (Å²) in [5.41, 5.74) is 2.91. The summed E-state index contributed by atoms with van der Waals surface area (Å²) in [6.07, 6.45) is 6.24. The number of nitrogens with one attached hydrogen (secondary N) is 1. The number of hydrogen-bond donors (Lipinski definition) is 1. The van der Waals surface area contributed by atoms with Gasteiger partial charge in [0.15, 0.2) is 0 Å². The average molecular weight is 330 g/mol. The van der Waals surface area contributed by atoms with E-state index < -0.39 is 0 Å². The standard InChI is InChI=1S/C17H18N2O3S/c1-3-22-17(21)12-9(2)8-19-14(12)18-15(20)13-10-6-4-5-7-11(10)23-16(13)19/h8H,3-7H2,1-2H3,(H,18,20). The lowest BCUT2D eigenvalue weighted by atomic mass is 9.97. The van der Waals surface area contributed by atoms with Crippen LogP contribution in [0.15, 0.2) is 11.0 Å². The fourth-order valence-corrected chi connectivity index (χ4v) is 4.87. The zero-order valence-corrected chi connectivity index (χ0v) is 14.0. The van der Waals surface area contributed by atoms with Gasteiger partial charge in [-0.3, -0.25) is 9.20 Å². The van der Waals surface area contributed by atoms with E-state index in [4.69, 9.17) is 4.74 Å². The number of carbonyl (C=O) groups is 1. The molecule has 1 N–H and O–H groups in total. The van der Waals surface area contributed by atoms with Crippen molar-refractivity contribution in [3.8, 4) is 0 Å². The van der Waals surface area contributed by atoms with Crippen molar-refractivity contribution in [2.75, 3.05) is 6.61 Å². The van der Waals surface area contributed by atoms with Crippen LogP contribution in [0.25, 0.3) is 15.9 Å². The van der Waals surface area contributed by atoms with Crippen molar-refractivity contribution in [3.05, 3.63) is 38.1 Å². The monoisotopic (exact) mass is 330 g/mol. The Bertz CT molecular complexity index is 993. The Morgan fingerprint density at radius 1 is 1.39 bits per heavy atom. The SMILES string of the molecule is CCOC(=O)c1c(C)cn2c1[nH]c(=O)c1c3c(sc12)CCCC3. The molecule has 0 aliphatic heterocycles. The number of aryl methyl sites for hydroxylation is 3. The molecule has 120 valence electrons. The van der Waals surface area contributed by atoms with Crippen LogP contribution in [-0.4, -0.2) is 22.0 Å². The van der Waals surface area contributed by atoms with Crippen molar-refractivity contribution in [1.29, 1.82) is 0 Å². The van der Waals surface area contributed by atoms with Crippen LogP contribution in [0.4, 0.5) is 0 Å². The van der Waals surface area contributed by atoms with Crippen LogP contribution in [0.3, 0.4) is 0 Å². The van der Waals surface area contributed by atoms with Gasteiger partial charge in [-0.25, -0.2) is 4.79 Å². The molecule has 0 spiro atoms. The number of rotatable bonds is 2. The molecular formula is C17H18N2O3S. The Labute approximate surface area is 136 Å². The predicted molar refractivity (Wildman–Crippen MR) is 90.7 cm³/mol. The topological polar surface area (TPSA) is 63.6 Å². The molecule has 0 saturated heterocycles. The summed E-state index contributed by atoms with van der Waals surface area (Å²) in [7, 11) is 0. The van der Waals surface area contributed by atoms with E-state index in [2.05, 4.69) is 4.98 Å². The molecule has 0 saturated carbocycles. The summed E-state index contributed by atoms with van der Waals surface area (Å²) in [6, 6.07) is 0. The molecule has 0 amide bonds. The van der Waals surface area contributed by atoms with Gasteiger partial charge in [0.1, 0.15) is 16.0 Å². The van der Waals surface area contributed by atoms with Crippen molar-refractivity contribution in [3.63, 3.8) is 0 Å². The first-order valence-corrected chi connectivity index (χ1v) is 8.78. The second kappa shape index (κ2) is 5.23. The molecule has 1 aliphatic carbocycles. The lowest BCUT2D eigenvalue weighted by molar-refractivity contribution is 0.0528. The third-order valence-corrected chi connectivity index (χ3v) is 5.80. The van der Waals surface area contributed by atoms with Crippen molar-refractivity contribution in [1.82, 2.24) is 9.38 Å². The number of fused-ring (bicyclic) bond motifs is 5. The van der Waals surface area contributed by atoms with Gasteiger partial charge in [0.25, 0.3) is 5.56 Å². The fraction of sp³-hybridized carbons (Fsp3) is 0.412. The quantitative estimate of drug-likeness (QED) is 0.734. The Morgan fingerprint density at radius 2 is 2.17 bits per heavy atom. The fourth-order valence-electron chi connectivity index (χ4n) is 3.50. The molecule has 4 rings (SSSR count). The smallest absolute Gasteiger partial charge is 0.342 e. The summed E-state index contributed by atoms with van der Waals surface area (Å²) in [5.74, 6) is -0.385. The largest absolute Gasteiger partial charge is 0.462 e. The number of aromatic amines is 1. The normalized spacial score (nSPS) is 14.3. The minimum atomic E-state index is -0.385. The Balaban J connectivity index is 2.07. The summed E-state index contributed by atoms with van der Waals surface area (Å²) < 4.78 is 7.08. The van der Waals surface area contributed by atoms with E-state index in [1.165, 1.54) is 16.9 Å². The lowest BCUT2D eigenvalue weighted by Crippen LogP contribution is -2.13. The molecule has 3 aromatic rings. The van der Waals surface area contributed by atoms with Crippen LogP contribution in [0.1, 0.15) is 46.1 Å². The van der Waals surface area contributed by atoms with Gasteiger partial charge in [-0.1, -0.05) is 0 Å². The second-order valence-corrected chi connectivity index (χ2v) is 7.05. The number of carbonyl (C=O) groups excluding carboxylic acids is 1. The van der Waals surface area contributed by atoms with E-state index in [1.807, 2.05) is 17.5 Å². The van der Waals surface area contributed by atoms with Crippen LogP contribution >= 0.6 is 11.3 Å². The van der Waals surface area contributed by atoms with Crippen molar-refractivity contribution in [2.45, 2.75) is 39.5 Å². The maximum Gasteiger partial charge on any atom is 0.342 e. The number of ether oxygens (including phenoxy) is 1. The van der Waals surface area contributed by atoms with E-state index in [0.29, 0.717) is 17.8 Å². The Kier molecular flexibility index (Phi) is 3.30. The van der Waals surface area contributed by atoms with Gasteiger partial charge in [0, 0.05) is 11.1 Å². The number of aromatic nitrogens is 2. The molecule has 0 aromatic carbocycles. The highest BCUT2D eigenvalue weighted by molar-refractivity contribution is 7.18. The van der Waals surface area contributed by atoms with Crippen molar-refractivity contribution < 1.29 is 9.53 Å². The van der Waals surface area contributed by atoms with Gasteiger partial charge >= 0.3 is 5.97 Å². The van der Waals surface area contributed by atoms with Gasteiger partial charge in [-0.2, -0.15) is 0 Å². The molecule has 5 nitrogen and oxygen atoms in total. The molecule has 23 heavy (non-hydrogen) atoms. The molecular weight excluding hydrogens is 312 g/mol. The molecule has 0 radical (unpaired) electrons. The van der Waals surface area contributed by atoms with Crippen LogP contribution < -0.4 is 5.56 Å². The van der Waals surface area contributed by atoms with E-state index >= 15 is 0 Å². The zero-order chi connectivity index (χ0) is 16.1. The number of esters is 1. The van der Waals surface area contributed by atoms with Crippen LogP contribution in [0.2, 0.25) is 0 Å². The number of hydrogen-bond acceptors (Lipinski definition) is 4. The van der Waals surface area contributed by atoms with E-state index in [1.54, 1.807) is 18.3 Å². The maximum atomic E-state index is 12.7. The summed E-state index contributed by atoms with van der Waals surface area (Å²) >= 11 is 1.68. The van der Waals surface area contributed by atoms with Gasteiger partial charge in [-0.05, 0) is 50.7 Å². The summed E-state index contributed by atoms with van der Waals surface area (Å²) in [6.45, 7) is 3.96. The molecule has 0 unspecified atom stereocenters. The van der Waals surface area contributed by atoms with Crippen molar-refractivity contribution >= 4 is 33.2 Å². The van der Waals surface area contributed by atoms with Gasteiger partial charge in [0.05, 0.1) is 12.0 Å². The average Bonchev–Trinajstić information content (AvgIpc) is 3.05. The zero-order valence-electron chi connectivity index (χ0n) is 13.2. The first kappa shape index (κ1) is 14.5. The molecule has 1 aliphatic rings. The number of nitrogens with zero attached hydrogens (tertiary/aromatic N) is 1. The van der Waals surface area contributed by atoms with Crippen molar-refractivity contribution in [2.24, 2.45) is 0 Å². The van der Waals surface area contributed by atoms with Crippen LogP contribution in [0.5, 0.6) is 0 Å². The molecule has 3 heterocycles. The van der Waals surface area contributed by atoms with E-state index in [0.717, 1.165) is 35.0 Å². The summed E-state index contributed by atoms with van der Waals surface area (Å²) in [4.78, 5) is 30.0. The highest BCUT2D eigenvalue weighted by Gasteiger charge is 2.24. The predicted octanol–water partition coefficient (Wildman–Crippen LogP) is 3.21. The molecule has 0 fully saturated rings. The Morgan fingerprint density at radius 3 is 2.96 bits per heavy atom. The highest BCUT2D eigenvalue weighted by Crippen LogP contribution is 2.35. The minimum Gasteiger partial charge on any atom is -0.462 e. The number of H-pyrrole nitrogens is 1. The summed E-state index contributed by atoms with van der Waals surface area (Å²) in [5, 5.41) is 0.794. The number of thiophene rings is 1. The third kappa shape index (κ3) is 2.05. The Hall–Kier alpha value is -2.08. The third-order valence-electron chi connectivity index (χ3n) is 4.50. The lowest BCUT2D eigenvalue weighted by Gasteiger charge is -2.09. The van der Waals surface area contributed by atoms with Crippen LogP contribution in [0, 0.1) is 6.92 Å². The van der Waals surface area contributed by atoms with Gasteiger partial charge < -0.3 is 9.72 Å². The highest BCUT2D eigenvalue weighted by atomic mass is 32.1. The van der Waals surface area contributed by atoms with E-state index in [9.17, 15) is 9.59 Å². The first-order chi connectivity index (χ1) is 11.1. The van der Waals surface area contributed by atoms with Gasteiger partial charge in [0.2, 0.25) is 0 Å². The van der Waals surface area contributed by atoms with Crippen LogP contribution in [-0.2, 0) is 17.6 Å². The molecule has 0 bridgehead atoms. The van der Waals surface area contributed by atoms with Gasteiger partial charge in [-0.15, -0.1) is 11.3 Å². The molecule has 3 aromatic heterocycles. The maximum absolute atomic E-state index is 12.7. The first-order valence-electron chi connectivity index (χ1n) is 7.97. The molecule has 6 heteroatoms.